The Balaban J connectivity index is 2.09. The van der Waals surface area contributed by atoms with Gasteiger partial charge in [-0.25, -0.2) is 0 Å². The summed E-state index contributed by atoms with van der Waals surface area (Å²) in [6.45, 7) is 3.16. The lowest BCUT2D eigenvalue weighted by Gasteiger charge is -2.29. The predicted molar refractivity (Wildman–Crippen MR) is 92.2 cm³/mol. The average Bonchev–Trinajstić information content (AvgIpc) is 3.26. The maximum Gasteiger partial charge on any atom is 0.0471 e. The quantitative estimate of drug-likeness (QED) is 0.775. The summed E-state index contributed by atoms with van der Waals surface area (Å²) >= 11 is 8.32. The van der Waals surface area contributed by atoms with E-state index in [0.29, 0.717) is 12.1 Å². The SMILES string of the molecule is CSCCC(C)N(C)c1cccc(Cl)c1CNC1CC1. The van der Waals surface area contributed by atoms with E-state index in [-0.39, 0.29) is 0 Å². The summed E-state index contributed by atoms with van der Waals surface area (Å²) < 4.78 is 0. The van der Waals surface area contributed by atoms with Gasteiger partial charge in [0.15, 0.2) is 0 Å². The van der Waals surface area contributed by atoms with Crippen LogP contribution in [0, 0.1) is 0 Å². The third-order valence-corrected chi connectivity index (χ3v) is 5.02. The molecule has 1 unspecified atom stereocenters. The zero-order chi connectivity index (χ0) is 14.5. The van der Waals surface area contributed by atoms with Crippen molar-refractivity contribution >= 4 is 29.1 Å². The minimum Gasteiger partial charge on any atom is -0.372 e. The van der Waals surface area contributed by atoms with E-state index in [1.54, 1.807) is 0 Å². The van der Waals surface area contributed by atoms with Crippen molar-refractivity contribution in [3.05, 3.63) is 28.8 Å². The molecular formula is C16H25ClN2S. The molecule has 1 aromatic carbocycles. The molecular weight excluding hydrogens is 288 g/mol. The molecule has 0 radical (unpaired) electrons. The molecule has 2 rings (SSSR count). The third-order valence-electron chi connectivity index (χ3n) is 4.02. The standard InChI is InChI=1S/C16H25ClN2S/c1-12(9-10-20-3)19(2)16-6-4-5-15(17)14(16)11-18-13-7-8-13/h4-6,12-13,18H,7-11H2,1-3H3. The Hall–Kier alpha value is -0.380. The number of nitrogens with one attached hydrogen (secondary N) is 1. The van der Waals surface area contributed by atoms with Gasteiger partial charge in [0.25, 0.3) is 0 Å². The van der Waals surface area contributed by atoms with Crippen molar-refractivity contribution in [1.82, 2.24) is 5.32 Å². The molecule has 1 fully saturated rings. The van der Waals surface area contributed by atoms with Crippen LogP contribution in [0.15, 0.2) is 18.2 Å². The maximum absolute atomic E-state index is 6.42. The lowest BCUT2D eigenvalue weighted by Crippen LogP contribution is -2.31. The second-order valence-corrected chi connectivity index (χ2v) is 7.03. The first-order valence-corrected chi connectivity index (χ1v) is 9.13. The first-order chi connectivity index (χ1) is 9.63. The lowest BCUT2D eigenvalue weighted by atomic mass is 10.1. The highest BCUT2D eigenvalue weighted by Crippen LogP contribution is 2.30. The highest BCUT2D eigenvalue weighted by Gasteiger charge is 2.22. The molecule has 0 amide bonds. The molecule has 0 aliphatic heterocycles. The number of anilines is 1. The molecule has 1 atom stereocenters. The molecule has 0 spiro atoms. The van der Waals surface area contributed by atoms with Gasteiger partial charge in [-0.1, -0.05) is 17.7 Å². The zero-order valence-corrected chi connectivity index (χ0v) is 14.2. The summed E-state index contributed by atoms with van der Waals surface area (Å²) in [5.74, 6) is 1.20. The van der Waals surface area contributed by atoms with Gasteiger partial charge in [0.2, 0.25) is 0 Å². The van der Waals surface area contributed by atoms with Crippen molar-refractivity contribution < 1.29 is 0 Å². The minimum atomic E-state index is 0.528. The van der Waals surface area contributed by atoms with E-state index in [0.717, 1.165) is 11.6 Å². The van der Waals surface area contributed by atoms with Gasteiger partial charge in [-0.15, -0.1) is 0 Å². The third kappa shape index (κ3) is 4.31. The van der Waals surface area contributed by atoms with Crippen LogP contribution >= 0.6 is 23.4 Å². The van der Waals surface area contributed by atoms with Crippen LogP contribution in [0.3, 0.4) is 0 Å². The van der Waals surface area contributed by atoms with Crippen LogP contribution in [0.5, 0.6) is 0 Å². The smallest absolute Gasteiger partial charge is 0.0471 e. The molecule has 20 heavy (non-hydrogen) atoms. The number of hydrogen-bond acceptors (Lipinski definition) is 3. The second kappa shape index (κ2) is 7.58. The number of benzene rings is 1. The highest BCUT2D eigenvalue weighted by molar-refractivity contribution is 7.98. The molecule has 4 heteroatoms. The Kier molecular flexibility index (Phi) is 6.06. The Labute approximate surface area is 132 Å². The Morgan fingerprint density at radius 2 is 2.20 bits per heavy atom. The fraction of sp³-hybridized carbons (Fsp3) is 0.625. The average molecular weight is 313 g/mol. The van der Waals surface area contributed by atoms with Crippen molar-refractivity contribution in [2.24, 2.45) is 0 Å². The fourth-order valence-electron chi connectivity index (χ4n) is 2.31. The molecule has 0 saturated heterocycles. The van der Waals surface area contributed by atoms with Crippen molar-refractivity contribution in [1.29, 1.82) is 0 Å². The van der Waals surface area contributed by atoms with Gasteiger partial charge in [0.1, 0.15) is 0 Å². The Morgan fingerprint density at radius 1 is 1.45 bits per heavy atom. The number of halogens is 1. The molecule has 1 aliphatic carbocycles. The van der Waals surface area contributed by atoms with E-state index < -0.39 is 0 Å². The fourth-order valence-corrected chi connectivity index (χ4v) is 3.12. The Morgan fingerprint density at radius 3 is 2.85 bits per heavy atom. The van der Waals surface area contributed by atoms with Crippen molar-refractivity contribution in [2.45, 2.75) is 44.8 Å². The normalized spacial score (nSPS) is 16.2. The van der Waals surface area contributed by atoms with Gasteiger partial charge >= 0.3 is 0 Å². The van der Waals surface area contributed by atoms with Crippen molar-refractivity contribution in [3.63, 3.8) is 0 Å². The summed E-state index contributed by atoms with van der Waals surface area (Å²) in [7, 11) is 2.18. The number of hydrogen-bond donors (Lipinski definition) is 1. The van der Waals surface area contributed by atoms with E-state index >= 15 is 0 Å². The first-order valence-electron chi connectivity index (χ1n) is 7.36. The molecule has 0 heterocycles. The molecule has 0 aromatic heterocycles. The molecule has 0 bridgehead atoms. The summed E-state index contributed by atoms with van der Waals surface area (Å²) in [5, 5.41) is 4.45. The van der Waals surface area contributed by atoms with Gasteiger partial charge < -0.3 is 10.2 Å². The van der Waals surface area contributed by atoms with Crippen molar-refractivity contribution in [3.8, 4) is 0 Å². The molecule has 1 aromatic rings. The zero-order valence-electron chi connectivity index (χ0n) is 12.7. The Bertz CT molecular complexity index is 434. The van der Waals surface area contributed by atoms with Crippen LogP contribution in [0.2, 0.25) is 5.02 Å². The molecule has 2 nitrogen and oxygen atoms in total. The van der Waals surface area contributed by atoms with Gasteiger partial charge in [-0.3, -0.25) is 0 Å². The monoisotopic (exact) mass is 312 g/mol. The first kappa shape index (κ1) is 16.0. The molecule has 1 aliphatic rings. The summed E-state index contributed by atoms with van der Waals surface area (Å²) in [6, 6.07) is 7.47. The van der Waals surface area contributed by atoms with Crippen LogP contribution in [0.4, 0.5) is 5.69 Å². The summed E-state index contributed by atoms with van der Waals surface area (Å²) in [5.41, 5.74) is 2.50. The van der Waals surface area contributed by atoms with E-state index in [9.17, 15) is 0 Å². The van der Waals surface area contributed by atoms with Gasteiger partial charge in [0, 0.05) is 41.9 Å². The van der Waals surface area contributed by atoms with Crippen molar-refractivity contribution in [2.75, 3.05) is 24.0 Å². The van der Waals surface area contributed by atoms with Crippen LogP contribution in [0.1, 0.15) is 31.7 Å². The van der Waals surface area contributed by atoms with E-state index in [1.165, 1.54) is 36.3 Å². The van der Waals surface area contributed by atoms with Gasteiger partial charge in [-0.2, -0.15) is 11.8 Å². The molecule has 1 saturated carbocycles. The number of rotatable bonds is 8. The van der Waals surface area contributed by atoms with E-state index in [2.05, 4.69) is 42.6 Å². The van der Waals surface area contributed by atoms with Crippen LogP contribution < -0.4 is 10.2 Å². The maximum atomic E-state index is 6.42. The largest absolute Gasteiger partial charge is 0.372 e. The summed E-state index contributed by atoms with van der Waals surface area (Å²) in [6.07, 6.45) is 5.97. The van der Waals surface area contributed by atoms with Gasteiger partial charge in [0.05, 0.1) is 0 Å². The number of nitrogens with zero attached hydrogens (tertiary/aromatic N) is 1. The van der Waals surface area contributed by atoms with Gasteiger partial charge in [-0.05, 0) is 50.3 Å². The number of thioether (sulfide) groups is 1. The van der Waals surface area contributed by atoms with E-state index in [1.807, 2.05) is 17.8 Å². The topological polar surface area (TPSA) is 15.3 Å². The summed E-state index contributed by atoms with van der Waals surface area (Å²) in [4.78, 5) is 2.37. The molecule has 1 N–H and O–H groups in total. The van der Waals surface area contributed by atoms with Crippen LogP contribution in [0.25, 0.3) is 0 Å². The predicted octanol–water partition coefficient (Wildman–Crippen LogP) is 4.17. The highest BCUT2D eigenvalue weighted by atomic mass is 35.5. The van der Waals surface area contributed by atoms with Crippen LogP contribution in [-0.2, 0) is 6.54 Å². The van der Waals surface area contributed by atoms with Crippen LogP contribution in [-0.4, -0.2) is 31.1 Å². The lowest BCUT2D eigenvalue weighted by molar-refractivity contribution is 0.653. The minimum absolute atomic E-state index is 0.528. The molecule has 112 valence electrons. The second-order valence-electron chi connectivity index (χ2n) is 5.63. The van der Waals surface area contributed by atoms with E-state index in [4.69, 9.17) is 11.6 Å².